The van der Waals surface area contributed by atoms with Crippen molar-refractivity contribution < 1.29 is 5.11 Å². The van der Waals surface area contributed by atoms with Crippen molar-refractivity contribution in [3.8, 4) is 5.88 Å². The Morgan fingerprint density at radius 1 is 1.47 bits per heavy atom. The molecular weight excluding hydrogens is 262 g/mol. The number of aromatic nitrogens is 3. The van der Waals surface area contributed by atoms with E-state index in [1.165, 1.54) is 4.57 Å². The molecule has 0 atom stereocenters. The molecule has 2 aromatic rings. The van der Waals surface area contributed by atoms with Crippen LogP contribution in [0.25, 0.3) is 12.2 Å². The maximum atomic E-state index is 11.8. The van der Waals surface area contributed by atoms with Crippen molar-refractivity contribution in [1.82, 2.24) is 14.1 Å². The van der Waals surface area contributed by atoms with E-state index in [2.05, 4.69) is 4.98 Å². The van der Waals surface area contributed by atoms with Crippen LogP contribution in [0.3, 0.4) is 0 Å². The molecule has 5 nitrogen and oxygen atoms in total. The third kappa shape index (κ3) is 2.53. The van der Waals surface area contributed by atoms with Crippen LogP contribution in [0.1, 0.15) is 18.2 Å². The van der Waals surface area contributed by atoms with Crippen molar-refractivity contribution in [3.63, 3.8) is 0 Å². The molecule has 0 saturated carbocycles. The Hall–Kier alpha value is -2.08. The number of aryl methyl sites for hydroxylation is 1. The molecule has 0 saturated heterocycles. The molecule has 0 aliphatic carbocycles. The second kappa shape index (κ2) is 5.27. The van der Waals surface area contributed by atoms with Gasteiger partial charge in [0, 0.05) is 25.5 Å². The Morgan fingerprint density at radius 2 is 2.21 bits per heavy atom. The zero-order valence-corrected chi connectivity index (χ0v) is 11.6. The number of rotatable bonds is 3. The first kappa shape index (κ1) is 13.4. The normalized spacial score (nSPS) is 11.3. The van der Waals surface area contributed by atoms with Gasteiger partial charge in [0.15, 0.2) is 4.77 Å². The van der Waals surface area contributed by atoms with E-state index in [-0.39, 0.29) is 16.2 Å². The largest absolute Gasteiger partial charge is 0.494 e. The number of hydrogen-bond acceptors (Lipinski definition) is 3. The van der Waals surface area contributed by atoms with Gasteiger partial charge >= 0.3 is 0 Å². The number of nitrogens with one attached hydrogen (secondary N) is 1. The predicted octanol–water partition coefficient (Wildman–Crippen LogP) is 2.14. The van der Waals surface area contributed by atoms with E-state index in [1.807, 2.05) is 36.9 Å². The predicted molar refractivity (Wildman–Crippen MR) is 77.6 cm³/mol. The number of nitrogens with zero attached hydrogens (tertiary/aromatic N) is 2. The smallest absolute Gasteiger partial charge is 0.262 e. The van der Waals surface area contributed by atoms with Gasteiger partial charge in [0.2, 0.25) is 5.88 Å². The maximum absolute atomic E-state index is 11.8. The first-order chi connectivity index (χ1) is 9.04. The molecule has 6 heteroatoms. The van der Waals surface area contributed by atoms with Crippen molar-refractivity contribution in [2.45, 2.75) is 13.5 Å². The Kier molecular flexibility index (Phi) is 3.71. The Bertz CT molecular complexity index is 737. The number of aromatic amines is 1. The van der Waals surface area contributed by atoms with Gasteiger partial charge in [0.1, 0.15) is 0 Å². The van der Waals surface area contributed by atoms with Crippen LogP contribution < -0.4 is 5.56 Å². The number of aromatic hydroxyl groups is 1. The van der Waals surface area contributed by atoms with Crippen molar-refractivity contribution in [3.05, 3.63) is 44.7 Å². The standard InChI is InChI=1S/C13H15N3O2S/c1-3-16-12(18)10(11(17)14-13(16)19)7-6-9-5-4-8-15(9)2/h4-8,18H,3H2,1-2H3,(H,14,17,19). The van der Waals surface area contributed by atoms with Crippen LogP contribution in [0.5, 0.6) is 5.88 Å². The van der Waals surface area contributed by atoms with Gasteiger partial charge in [0.05, 0.1) is 5.56 Å². The van der Waals surface area contributed by atoms with Crippen LogP contribution in [0.15, 0.2) is 23.1 Å². The lowest BCUT2D eigenvalue weighted by Crippen LogP contribution is -2.16. The van der Waals surface area contributed by atoms with E-state index < -0.39 is 5.56 Å². The van der Waals surface area contributed by atoms with Crippen LogP contribution in [0.4, 0.5) is 0 Å². The molecule has 0 aliphatic rings. The van der Waals surface area contributed by atoms with E-state index in [0.29, 0.717) is 6.54 Å². The average molecular weight is 277 g/mol. The van der Waals surface area contributed by atoms with E-state index in [1.54, 1.807) is 12.2 Å². The van der Waals surface area contributed by atoms with Crippen molar-refractivity contribution >= 4 is 24.4 Å². The lowest BCUT2D eigenvalue weighted by atomic mass is 10.2. The summed E-state index contributed by atoms with van der Waals surface area (Å²) in [5.41, 5.74) is 0.749. The summed E-state index contributed by atoms with van der Waals surface area (Å²) >= 11 is 4.99. The van der Waals surface area contributed by atoms with Crippen molar-refractivity contribution in [2.24, 2.45) is 7.05 Å². The molecule has 0 aliphatic heterocycles. The lowest BCUT2D eigenvalue weighted by molar-refractivity contribution is 0.408. The molecule has 0 spiro atoms. The summed E-state index contributed by atoms with van der Waals surface area (Å²) in [7, 11) is 1.91. The lowest BCUT2D eigenvalue weighted by Gasteiger charge is -2.08. The quantitative estimate of drug-likeness (QED) is 0.845. The molecule has 19 heavy (non-hydrogen) atoms. The summed E-state index contributed by atoms with van der Waals surface area (Å²) in [5, 5.41) is 10.1. The van der Waals surface area contributed by atoms with Gasteiger partial charge in [0.25, 0.3) is 5.56 Å². The van der Waals surface area contributed by atoms with Gasteiger partial charge in [-0.1, -0.05) is 0 Å². The van der Waals surface area contributed by atoms with Gasteiger partial charge < -0.3 is 9.67 Å². The fourth-order valence-electron chi connectivity index (χ4n) is 1.83. The van der Waals surface area contributed by atoms with Gasteiger partial charge in [-0.3, -0.25) is 14.3 Å². The minimum Gasteiger partial charge on any atom is -0.494 e. The number of hydrogen-bond donors (Lipinski definition) is 2. The van der Waals surface area contributed by atoms with E-state index >= 15 is 0 Å². The molecule has 0 amide bonds. The van der Waals surface area contributed by atoms with Crippen LogP contribution in [0.2, 0.25) is 0 Å². The van der Waals surface area contributed by atoms with Crippen molar-refractivity contribution in [2.75, 3.05) is 0 Å². The summed E-state index contributed by atoms with van der Waals surface area (Å²) in [6.45, 7) is 2.34. The highest BCUT2D eigenvalue weighted by atomic mass is 32.1. The van der Waals surface area contributed by atoms with Gasteiger partial charge in [-0.05, 0) is 43.4 Å². The van der Waals surface area contributed by atoms with Crippen LogP contribution in [0, 0.1) is 4.77 Å². The minimum absolute atomic E-state index is 0.110. The molecule has 0 aromatic carbocycles. The molecular formula is C13H15N3O2S. The Balaban J connectivity index is 2.52. The van der Waals surface area contributed by atoms with E-state index in [9.17, 15) is 9.90 Å². The average Bonchev–Trinajstić information content (AvgIpc) is 2.75. The monoisotopic (exact) mass is 277 g/mol. The van der Waals surface area contributed by atoms with E-state index in [4.69, 9.17) is 12.2 Å². The van der Waals surface area contributed by atoms with Gasteiger partial charge in [-0.25, -0.2) is 0 Å². The second-order valence-electron chi connectivity index (χ2n) is 4.12. The molecule has 0 bridgehead atoms. The SMILES string of the molecule is CCn1c(O)c(C=Cc2cccn2C)c(=O)[nH]c1=S. The topological polar surface area (TPSA) is 62.9 Å². The maximum Gasteiger partial charge on any atom is 0.262 e. The van der Waals surface area contributed by atoms with E-state index in [0.717, 1.165) is 5.69 Å². The summed E-state index contributed by atoms with van der Waals surface area (Å²) in [5.74, 6) is -0.110. The van der Waals surface area contributed by atoms with Crippen LogP contribution >= 0.6 is 12.2 Å². The first-order valence-corrected chi connectivity index (χ1v) is 6.31. The molecule has 0 fully saturated rings. The fourth-order valence-corrected chi connectivity index (χ4v) is 2.14. The molecule has 2 heterocycles. The highest BCUT2D eigenvalue weighted by Gasteiger charge is 2.08. The summed E-state index contributed by atoms with van der Waals surface area (Å²) in [6.07, 6.45) is 5.26. The third-order valence-corrected chi connectivity index (χ3v) is 3.25. The minimum atomic E-state index is -0.391. The molecule has 0 radical (unpaired) electrons. The van der Waals surface area contributed by atoms with Crippen LogP contribution in [-0.2, 0) is 13.6 Å². The highest BCUT2D eigenvalue weighted by Crippen LogP contribution is 2.16. The van der Waals surface area contributed by atoms with Gasteiger partial charge in [-0.15, -0.1) is 0 Å². The third-order valence-electron chi connectivity index (χ3n) is 2.93. The zero-order chi connectivity index (χ0) is 14.0. The summed E-state index contributed by atoms with van der Waals surface area (Å²) in [4.78, 5) is 14.4. The summed E-state index contributed by atoms with van der Waals surface area (Å²) in [6, 6.07) is 3.82. The van der Waals surface area contributed by atoms with Crippen molar-refractivity contribution in [1.29, 1.82) is 0 Å². The second-order valence-corrected chi connectivity index (χ2v) is 4.50. The molecule has 0 unspecified atom stereocenters. The summed E-state index contributed by atoms with van der Waals surface area (Å²) < 4.78 is 3.61. The van der Waals surface area contributed by atoms with Crippen LogP contribution in [-0.4, -0.2) is 19.2 Å². The highest BCUT2D eigenvalue weighted by molar-refractivity contribution is 7.71. The molecule has 2 rings (SSSR count). The number of H-pyrrole nitrogens is 1. The molecule has 2 N–H and O–H groups in total. The fraction of sp³-hybridized carbons (Fsp3) is 0.231. The Labute approximate surface area is 115 Å². The molecule has 100 valence electrons. The molecule has 2 aromatic heterocycles. The zero-order valence-electron chi connectivity index (χ0n) is 10.8. The first-order valence-electron chi connectivity index (χ1n) is 5.90. The Morgan fingerprint density at radius 3 is 2.79 bits per heavy atom. The van der Waals surface area contributed by atoms with Gasteiger partial charge in [-0.2, -0.15) is 0 Å².